The van der Waals surface area contributed by atoms with Crippen LogP contribution in [-0.4, -0.2) is 23.0 Å². The average molecular weight is 233 g/mol. The maximum atomic E-state index is 5.61. The molecular weight excluding hydrogens is 210 g/mol. The van der Waals surface area contributed by atoms with Gasteiger partial charge in [0.15, 0.2) is 0 Å². The fourth-order valence-electron chi connectivity index (χ4n) is 2.70. The van der Waals surface area contributed by atoms with E-state index in [1.807, 2.05) is 6.20 Å². The summed E-state index contributed by atoms with van der Waals surface area (Å²) in [5, 5.41) is 0. The lowest BCUT2D eigenvalue weighted by Gasteiger charge is -2.16. The van der Waals surface area contributed by atoms with Crippen LogP contribution in [0, 0.1) is 5.92 Å². The molecule has 1 atom stereocenters. The minimum absolute atomic E-state index is 0.534. The average Bonchev–Trinajstić information content (AvgIpc) is 2.77. The Morgan fingerprint density at radius 3 is 3.18 bits per heavy atom. The van der Waals surface area contributed by atoms with E-state index < -0.39 is 0 Å². The van der Waals surface area contributed by atoms with Crippen molar-refractivity contribution >= 4 is 0 Å². The highest BCUT2D eigenvalue weighted by molar-refractivity contribution is 5.16. The van der Waals surface area contributed by atoms with E-state index in [4.69, 9.17) is 5.73 Å². The zero-order valence-corrected chi connectivity index (χ0v) is 10.7. The van der Waals surface area contributed by atoms with Crippen LogP contribution in [0.15, 0.2) is 18.3 Å². The van der Waals surface area contributed by atoms with E-state index in [0.29, 0.717) is 6.54 Å². The Morgan fingerprint density at radius 2 is 2.41 bits per heavy atom. The van der Waals surface area contributed by atoms with Crippen molar-refractivity contribution in [3.8, 4) is 0 Å². The van der Waals surface area contributed by atoms with Crippen molar-refractivity contribution in [2.24, 2.45) is 11.7 Å². The third-order valence-corrected chi connectivity index (χ3v) is 3.56. The summed E-state index contributed by atoms with van der Waals surface area (Å²) in [7, 11) is 0. The van der Waals surface area contributed by atoms with Crippen LogP contribution in [0.2, 0.25) is 0 Å². The second-order valence-electron chi connectivity index (χ2n) is 5.04. The smallest absolute Gasteiger partial charge is 0.0542 e. The summed E-state index contributed by atoms with van der Waals surface area (Å²) in [5.41, 5.74) is 7.95. The zero-order valence-electron chi connectivity index (χ0n) is 10.7. The Kier molecular flexibility index (Phi) is 4.51. The molecule has 0 saturated carbocycles. The molecule has 1 aliphatic heterocycles. The number of pyridine rings is 1. The molecule has 0 radical (unpaired) electrons. The van der Waals surface area contributed by atoms with Crippen molar-refractivity contribution in [1.82, 2.24) is 9.88 Å². The number of likely N-dealkylation sites (tertiary alicyclic amines) is 1. The first-order chi connectivity index (χ1) is 8.31. The van der Waals surface area contributed by atoms with Crippen LogP contribution in [0.3, 0.4) is 0 Å². The molecule has 1 fully saturated rings. The topological polar surface area (TPSA) is 42.2 Å². The van der Waals surface area contributed by atoms with Gasteiger partial charge < -0.3 is 5.73 Å². The van der Waals surface area contributed by atoms with Gasteiger partial charge in [-0.15, -0.1) is 0 Å². The van der Waals surface area contributed by atoms with Crippen LogP contribution < -0.4 is 5.73 Å². The second kappa shape index (κ2) is 6.12. The molecule has 1 saturated heterocycles. The first kappa shape index (κ1) is 12.5. The fraction of sp³-hybridized carbons (Fsp3) is 0.643. The molecule has 1 unspecified atom stereocenters. The van der Waals surface area contributed by atoms with E-state index in [9.17, 15) is 0 Å². The maximum absolute atomic E-state index is 5.61. The molecule has 1 aromatic rings. The normalized spacial score (nSPS) is 20.9. The Balaban J connectivity index is 1.88. The first-order valence-electron chi connectivity index (χ1n) is 6.68. The summed E-state index contributed by atoms with van der Waals surface area (Å²) in [6.07, 6.45) is 5.92. The molecule has 2 rings (SSSR count). The molecule has 3 nitrogen and oxygen atoms in total. The molecule has 2 N–H and O–H groups in total. The van der Waals surface area contributed by atoms with E-state index in [2.05, 4.69) is 28.9 Å². The zero-order chi connectivity index (χ0) is 12.1. The van der Waals surface area contributed by atoms with Crippen molar-refractivity contribution in [3.63, 3.8) is 0 Å². The molecule has 0 bridgehead atoms. The molecule has 3 heteroatoms. The summed E-state index contributed by atoms with van der Waals surface area (Å²) in [6, 6.07) is 4.24. The number of hydrogen-bond acceptors (Lipinski definition) is 3. The van der Waals surface area contributed by atoms with Crippen molar-refractivity contribution in [1.29, 1.82) is 0 Å². The molecule has 94 valence electrons. The molecule has 0 spiro atoms. The SMILES string of the molecule is CCCC1CCN(Cc2ccnc(CN)c2)C1. The van der Waals surface area contributed by atoms with Crippen molar-refractivity contribution in [2.45, 2.75) is 39.3 Å². The molecular formula is C14H23N3. The van der Waals surface area contributed by atoms with Crippen molar-refractivity contribution < 1.29 is 0 Å². The van der Waals surface area contributed by atoms with Crippen LogP contribution in [0.4, 0.5) is 0 Å². The van der Waals surface area contributed by atoms with E-state index in [0.717, 1.165) is 18.2 Å². The van der Waals surface area contributed by atoms with Gasteiger partial charge >= 0.3 is 0 Å². The molecule has 1 aliphatic rings. The van der Waals surface area contributed by atoms with E-state index >= 15 is 0 Å². The predicted molar refractivity (Wildman–Crippen MR) is 70.4 cm³/mol. The monoisotopic (exact) mass is 233 g/mol. The Bertz CT molecular complexity index is 351. The highest BCUT2D eigenvalue weighted by atomic mass is 15.1. The highest BCUT2D eigenvalue weighted by Crippen LogP contribution is 2.22. The van der Waals surface area contributed by atoms with E-state index in [1.54, 1.807) is 0 Å². The summed E-state index contributed by atoms with van der Waals surface area (Å²) < 4.78 is 0. The molecule has 2 heterocycles. The number of aromatic nitrogens is 1. The van der Waals surface area contributed by atoms with Gasteiger partial charge in [-0.25, -0.2) is 0 Å². The van der Waals surface area contributed by atoms with Crippen LogP contribution in [-0.2, 0) is 13.1 Å². The van der Waals surface area contributed by atoms with E-state index in [-0.39, 0.29) is 0 Å². The van der Waals surface area contributed by atoms with Gasteiger partial charge in [0.1, 0.15) is 0 Å². The molecule has 17 heavy (non-hydrogen) atoms. The third-order valence-electron chi connectivity index (χ3n) is 3.56. The first-order valence-corrected chi connectivity index (χ1v) is 6.68. The molecule has 0 aromatic carbocycles. The van der Waals surface area contributed by atoms with Gasteiger partial charge in [-0.05, 0) is 43.0 Å². The van der Waals surface area contributed by atoms with Gasteiger partial charge in [0, 0.05) is 25.8 Å². The summed E-state index contributed by atoms with van der Waals surface area (Å²) in [4.78, 5) is 6.78. The lowest BCUT2D eigenvalue weighted by atomic mass is 10.0. The van der Waals surface area contributed by atoms with Gasteiger partial charge in [-0.1, -0.05) is 13.3 Å². The summed E-state index contributed by atoms with van der Waals surface area (Å²) >= 11 is 0. The minimum atomic E-state index is 0.534. The van der Waals surface area contributed by atoms with Crippen molar-refractivity contribution in [3.05, 3.63) is 29.6 Å². The Morgan fingerprint density at radius 1 is 1.53 bits per heavy atom. The van der Waals surface area contributed by atoms with Crippen LogP contribution in [0.5, 0.6) is 0 Å². The number of hydrogen-bond donors (Lipinski definition) is 1. The quantitative estimate of drug-likeness (QED) is 0.847. The predicted octanol–water partition coefficient (Wildman–Crippen LogP) is 2.16. The summed E-state index contributed by atoms with van der Waals surface area (Å²) in [6.45, 7) is 6.36. The Hall–Kier alpha value is -0.930. The molecule has 1 aromatic heterocycles. The maximum Gasteiger partial charge on any atom is 0.0542 e. The minimum Gasteiger partial charge on any atom is -0.325 e. The lowest BCUT2D eigenvalue weighted by Crippen LogP contribution is -2.20. The highest BCUT2D eigenvalue weighted by Gasteiger charge is 2.21. The number of rotatable bonds is 5. The lowest BCUT2D eigenvalue weighted by molar-refractivity contribution is 0.312. The second-order valence-corrected chi connectivity index (χ2v) is 5.04. The third kappa shape index (κ3) is 3.51. The van der Waals surface area contributed by atoms with Crippen molar-refractivity contribution in [2.75, 3.05) is 13.1 Å². The molecule has 0 aliphatic carbocycles. The standard InChI is InChI=1S/C14H23N3/c1-2-3-12-5-7-17(10-12)11-13-4-6-16-14(8-13)9-15/h4,6,8,12H,2-3,5,7,9-11,15H2,1H3. The van der Waals surface area contributed by atoms with Gasteiger partial charge in [0.25, 0.3) is 0 Å². The Labute approximate surface area is 104 Å². The van der Waals surface area contributed by atoms with Crippen LogP contribution >= 0.6 is 0 Å². The van der Waals surface area contributed by atoms with Gasteiger partial charge in [-0.3, -0.25) is 9.88 Å². The van der Waals surface area contributed by atoms with Gasteiger partial charge in [0.05, 0.1) is 5.69 Å². The summed E-state index contributed by atoms with van der Waals surface area (Å²) in [5.74, 6) is 0.913. The van der Waals surface area contributed by atoms with Crippen LogP contribution in [0.25, 0.3) is 0 Å². The molecule has 0 amide bonds. The van der Waals surface area contributed by atoms with Gasteiger partial charge in [0.2, 0.25) is 0 Å². The number of nitrogens with zero attached hydrogens (tertiary/aromatic N) is 2. The largest absolute Gasteiger partial charge is 0.325 e. The fourth-order valence-corrected chi connectivity index (χ4v) is 2.70. The van der Waals surface area contributed by atoms with Gasteiger partial charge in [-0.2, -0.15) is 0 Å². The van der Waals surface area contributed by atoms with E-state index in [1.165, 1.54) is 37.9 Å². The number of nitrogens with two attached hydrogens (primary N) is 1. The van der Waals surface area contributed by atoms with Crippen LogP contribution in [0.1, 0.15) is 37.4 Å².